The van der Waals surface area contributed by atoms with Crippen LogP contribution in [0.5, 0.6) is 0 Å². The number of anilines is 1. The zero-order valence-electron chi connectivity index (χ0n) is 13.5. The second-order valence-corrected chi connectivity index (χ2v) is 5.98. The highest BCUT2D eigenvalue weighted by atomic mass is 19.1. The minimum Gasteiger partial charge on any atom is -0.334 e. The normalized spacial score (nSPS) is 14.2. The Labute approximate surface area is 147 Å². The minimum absolute atomic E-state index is 0.0562. The number of hydrogen-bond acceptors (Lipinski definition) is 4. The molecule has 26 heavy (non-hydrogen) atoms. The summed E-state index contributed by atoms with van der Waals surface area (Å²) >= 11 is 0. The summed E-state index contributed by atoms with van der Waals surface area (Å²) in [5.41, 5.74) is 0.631. The van der Waals surface area contributed by atoms with Crippen LogP contribution < -0.4 is 5.32 Å². The number of aromatic nitrogens is 2. The van der Waals surface area contributed by atoms with Crippen molar-refractivity contribution >= 4 is 11.7 Å². The quantitative estimate of drug-likeness (QED) is 0.778. The van der Waals surface area contributed by atoms with Gasteiger partial charge in [0.15, 0.2) is 5.82 Å². The first-order chi connectivity index (χ1) is 12.6. The second kappa shape index (κ2) is 6.55. The Morgan fingerprint density at radius 2 is 1.92 bits per heavy atom. The maximum absolute atomic E-state index is 13.6. The molecule has 0 spiro atoms. The summed E-state index contributed by atoms with van der Waals surface area (Å²) in [6, 6.07) is 11.8. The van der Waals surface area contributed by atoms with Crippen molar-refractivity contribution in [3.05, 3.63) is 66.0 Å². The van der Waals surface area contributed by atoms with Gasteiger partial charge in [-0.25, -0.2) is 13.6 Å². The number of halogens is 2. The molecule has 1 fully saturated rings. The van der Waals surface area contributed by atoms with Gasteiger partial charge in [-0.15, -0.1) is 0 Å². The van der Waals surface area contributed by atoms with E-state index < -0.39 is 17.7 Å². The van der Waals surface area contributed by atoms with Crippen LogP contribution in [-0.4, -0.2) is 34.2 Å². The Hall–Kier alpha value is -3.29. The topological polar surface area (TPSA) is 71.3 Å². The lowest BCUT2D eigenvalue weighted by Crippen LogP contribution is -2.50. The fraction of sp³-hybridized carbons (Fsp3) is 0.167. The summed E-state index contributed by atoms with van der Waals surface area (Å²) in [4.78, 5) is 17.9. The Bertz CT molecular complexity index is 939. The standard InChI is InChI=1S/C18H14F2N4O2/c19-13-6-7-14(20)15(8-13)21-18(25)24-9-12(10-24)16-22-17(26-23-16)11-4-2-1-3-5-11/h1-8,12H,9-10H2,(H,21,25). The molecule has 3 aromatic rings. The van der Waals surface area contributed by atoms with E-state index in [2.05, 4.69) is 15.5 Å². The van der Waals surface area contributed by atoms with E-state index >= 15 is 0 Å². The Balaban J connectivity index is 1.37. The van der Waals surface area contributed by atoms with Gasteiger partial charge in [-0.1, -0.05) is 23.4 Å². The fourth-order valence-electron chi connectivity index (χ4n) is 2.69. The third-order valence-electron chi connectivity index (χ3n) is 4.17. The number of benzene rings is 2. The number of nitrogens with one attached hydrogen (secondary N) is 1. The van der Waals surface area contributed by atoms with E-state index in [1.807, 2.05) is 30.3 Å². The third-order valence-corrected chi connectivity index (χ3v) is 4.17. The summed E-state index contributed by atoms with van der Waals surface area (Å²) in [5.74, 6) is -0.430. The van der Waals surface area contributed by atoms with Gasteiger partial charge in [0.2, 0.25) is 0 Å². The number of amides is 2. The van der Waals surface area contributed by atoms with Crippen LogP contribution in [0.15, 0.2) is 53.1 Å². The molecule has 132 valence electrons. The number of carbonyl (C=O) groups excluding carboxylic acids is 1. The summed E-state index contributed by atoms with van der Waals surface area (Å²) < 4.78 is 32.0. The molecule has 1 aliphatic rings. The lowest BCUT2D eigenvalue weighted by Gasteiger charge is -2.37. The molecule has 1 aliphatic heterocycles. The average molecular weight is 356 g/mol. The van der Waals surface area contributed by atoms with Gasteiger partial charge in [-0.2, -0.15) is 4.98 Å². The molecule has 0 aliphatic carbocycles. The molecule has 6 nitrogen and oxygen atoms in total. The van der Waals surface area contributed by atoms with Gasteiger partial charge in [0.25, 0.3) is 5.89 Å². The molecule has 0 radical (unpaired) electrons. The Kier molecular flexibility index (Phi) is 4.08. The summed E-state index contributed by atoms with van der Waals surface area (Å²) in [6.07, 6.45) is 0. The van der Waals surface area contributed by atoms with Crippen LogP contribution >= 0.6 is 0 Å². The van der Waals surface area contributed by atoms with Crippen molar-refractivity contribution in [2.45, 2.75) is 5.92 Å². The largest absolute Gasteiger partial charge is 0.334 e. The van der Waals surface area contributed by atoms with E-state index in [1.165, 1.54) is 4.90 Å². The molecule has 0 bridgehead atoms. The molecular weight excluding hydrogens is 342 g/mol. The van der Waals surface area contributed by atoms with Crippen molar-refractivity contribution in [3.63, 3.8) is 0 Å². The van der Waals surface area contributed by atoms with E-state index in [0.717, 1.165) is 23.8 Å². The maximum Gasteiger partial charge on any atom is 0.321 e. The minimum atomic E-state index is -0.692. The lowest BCUT2D eigenvalue weighted by atomic mass is 10.00. The van der Waals surface area contributed by atoms with Crippen LogP contribution in [0.1, 0.15) is 11.7 Å². The van der Waals surface area contributed by atoms with Crippen LogP contribution in [-0.2, 0) is 0 Å². The van der Waals surface area contributed by atoms with Gasteiger partial charge in [0.1, 0.15) is 11.6 Å². The van der Waals surface area contributed by atoms with Crippen LogP contribution in [0.4, 0.5) is 19.3 Å². The highest BCUT2D eigenvalue weighted by molar-refractivity contribution is 5.90. The van der Waals surface area contributed by atoms with Crippen molar-refractivity contribution in [1.29, 1.82) is 0 Å². The average Bonchev–Trinajstić information content (AvgIpc) is 3.07. The predicted octanol–water partition coefficient (Wildman–Crippen LogP) is 3.65. The van der Waals surface area contributed by atoms with Gasteiger partial charge in [-0.3, -0.25) is 0 Å². The van der Waals surface area contributed by atoms with E-state index in [9.17, 15) is 13.6 Å². The Morgan fingerprint density at radius 3 is 2.69 bits per heavy atom. The highest BCUT2D eigenvalue weighted by Crippen LogP contribution is 2.28. The molecule has 1 N–H and O–H groups in total. The molecule has 2 heterocycles. The van der Waals surface area contributed by atoms with E-state index in [1.54, 1.807) is 0 Å². The molecular formula is C18H14F2N4O2. The van der Waals surface area contributed by atoms with Gasteiger partial charge >= 0.3 is 6.03 Å². The van der Waals surface area contributed by atoms with Crippen LogP contribution in [0.3, 0.4) is 0 Å². The summed E-state index contributed by atoms with van der Waals surface area (Å²) in [7, 11) is 0. The van der Waals surface area contributed by atoms with Crippen molar-refractivity contribution in [2.75, 3.05) is 18.4 Å². The first-order valence-corrected chi connectivity index (χ1v) is 8.00. The molecule has 0 saturated carbocycles. The molecule has 4 rings (SSSR count). The van der Waals surface area contributed by atoms with Crippen molar-refractivity contribution in [1.82, 2.24) is 15.0 Å². The molecule has 0 unspecified atom stereocenters. The molecule has 8 heteroatoms. The van der Waals surface area contributed by atoms with Gasteiger partial charge < -0.3 is 14.7 Å². The lowest BCUT2D eigenvalue weighted by molar-refractivity contribution is 0.159. The number of rotatable bonds is 3. The van der Waals surface area contributed by atoms with Crippen LogP contribution in [0.2, 0.25) is 0 Å². The highest BCUT2D eigenvalue weighted by Gasteiger charge is 2.35. The smallest absolute Gasteiger partial charge is 0.321 e. The zero-order chi connectivity index (χ0) is 18.1. The Morgan fingerprint density at radius 1 is 1.15 bits per heavy atom. The third kappa shape index (κ3) is 3.13. The summed E-state index contributed by atoms with van der Waals surface area (Å²) in [5, 5.41) is 6.33. The number of carbonyl (C=O) groups is 1. The van der Waals surface area contributed by atoms with Crippen molar-refractivity contribution in [2.24, 2.45) is 0 Å². The molecule has 1 aromatic heterocycles. The number of nitrogens with zero attached hydrogens (tertiary/aromatic N) is 3. The predicted molar refractivity (Wildman–Crippen MR) is 89.4 cm³/mol. The first kappa shape index (κ1) is 16.2. The molecule has 2 amide bonds. The van der Waals surface area contributed by atoms with E-state index in [-0.39, 0.29) is 11.6 Å². The van der Waals surface area contributed by atoms with Gasteiger partial charge in [0, 0.05) is 24.7 Å². The fourth-order valence-corrected chi connectivity index (χ4v) is 2.69. The van der Waals surface area contributed by atoms with Crippen molar-refractivity contribution < 1.29 is 18.1 Å². The zero-order valence-corrected chi connectivity index (χ0v) is 13.5. The maximum atomic E-state index is 13.6. The monoisotopic (exact) mass is 356 g/mol. The first-order valence-electron chi connectivity index (χ1n) is 8.00. The molecule has 2 aromatic carbocycles. The van der Waals surface area contributed by atoms with Crippen LogP contribution in [0.25, 0.3) is 11.5 Å². The summed E-state index contributed by atoms with van der Waals surface area (Å²) in [6.45, 7) is 0.743. The SMILES string of the molecule is O=C(Nc1cc(F)ccc1F)N1CC(c2noc(-c3ccccc3)n2)C1. The number of likely N-dealkylation sites (tertiary alicyclic amines) is 1. The number of hydrogen-bond donors (Lipinski definition) is 1. The number of urea groups is 1. The van der Waals surface area contributed by atoms with Crippen LogP contribution in [0, 0.1) is 11.6 Å². The molecule has 1 saturated heterocycles. The molecule has 0 atom stereocenters. The van der Waals surface area contributed by atoms with Gasteiger partial charge in [0.05, 0.1) is 11.6 Å². The van der Waals surface area contributed by atoms with E-state index in [4.69, 9.17) is 4.52 Å². The van der Waals surface area contributed by atoms with Crippen molar-refractivity contribution in [3.8, 4) is 11.5 Å². The second-order valence-electron chi connectivity index (χ2n) is 5.98. The van der Waals surface area contributed by atoms with E-state index in [0.29, 0.717) is 24.8 Å². The van der Waals surface area contributed by atoms with Gasteiger partial charge in [-0.05, 0) is 24.3 Å².